The van der Waals surface area contributed by atoms with E-state index in [1.54, 1.807) is 0 Å². The summed E-state index contributed by atoms with van der Waals surface area (Å²) in [6.45, 7) is 3.00. The third kappa shape index (κ3) is 2.33. The first kappa shape index (κ1) is 7.03. The summed E-state index contributed by atoms with van der Waals surface area (Å²) in [4.78, 5) is 0. The molecule has 1 unspecified atom stereocenters. The van der Waals surface area contributed by atoms with Crippen molar-refractivity contribution in [3.05, 3.63) is 0 Å². The molecule has 2 N–H and O–H groups in total. The fourth-order valence-electron chi connectivity index (χ4n) is 1.35. The Morgan fingerprint density at radius 2 is 2.44 bits per heavy atom. The van der Waals surface area contributed by atoms with Crippen LogP contribution in [0.15, 0.2) is 0 Å². The normalized spacial score (nSPS) is 27.0. The van der Waals surface area contributed by atoms with Crippen LogP contribution in [0.4, 0.5) is 0 Å². The van der Waals surface area contributed by atoms with Crippen molar-refractivity contribution in [3.8, 4) is 0 Å². The lowest BCUT2D eigenvalue weighted by atomic mass is 10.0. The summed E-state index contributed by atoms with van der Waals surface area (Å²) in [5.41, 5.74) is 6.95. The lowest BCUT2D eigenvalue weighted by molar-refractivity contribution is 0.512. The van der Waals surface area contributed by atoms with Gasteiger partial charge in [0.2, 0.25) is 0 Å². The second-order valence-corrected chi connectivity index (χ2v) is 2.75. The number of hydrogen-bond donors (Lipinski definition) is 1. The van der Waals surface area contributed by atoms with Gasteiger partial charge in [-0.1, -0.05) is 0 Å². The third-order valence-corrected chi connectivity index (χ3v) is 1.95. The summed E-state index contributed by atoms with van der Waals surface area (Å²) in [5, 5.41) is 3.32. The van der Waals surface area contributed by atoms with E-state index in [1.165, 1.54) is 25.9 Å². The number of hydrogen-bond acceptors (Lipinski definition) is 1. The van der Waals surface area contributed by atoms with Crippen LogP contribution in [-0.4, -0.2) is 19.6 Å². The fourth-order valence-corrected chi connectivity index (χ4v) is 1.35. The average Bonchev–Trinajstić information content (AvgIpc) is 2.34. The van der Waals surface area contributed by atoms with Crippen LogP contribution >= 0.6 is 0 Å². The zero-order valence-corrected chi connectivity index (χ0v) is 5.82. The Hall–Kier alpha value is -0.0800. The van der Waals surface area contributed by atoms with E-state index in [2.05, 4.69) is 5.32 Å². The molecule has 0 spiro atoms. The van der Waals surface area contributed by atoms with Crippen molar-refractivity contribution in [2.24, 2.45) is 5.92 Å². The van der Waals surface area contributed by atoms with Crippen LogP contribution in [0, 0.1) is 5.92 Å². The van der Waals surface area contributed by atoms with Gasteiger partial charge in [0.05, 0.1) is 0 Å². The van der Waals surface area contributed by atoms with E-state index >= 15 is 0 Å². The monoisotopic (exact) mass is 127 g/mol. The van der Waals surface area contributed by atoms with Crippen molar-refractivity contribution < 1.29 is 0 Å². The Morgan fingerprint density at radius 3 is 3.00 bits per heavy atom. The van der Waals surface area contributed by atoms with Crippen molar-refractivity contribution in [3.63, 3.8) is 0 Å². The van der Waals surface area contributed by atoms with Gasteiger partial charge in [-0.05, 0) is 38.3 Å². The van der Waals surface area contributed by atoms with E-state index in [0.29, 0.717) is 6.54 Å². The molecule has 0 aliphatic carbocycles. The first-order valence-electron chi connectivity index (χ1n) is 3.79. The van der Waals surface area contributed by atoms with Crippen LogP contribution in [0.5, 0.6) is 0 Å². The highest BCUT2D eigenvalue weighted by molar-refractivity contribution is 4.70. The molecule has 0 aromatic carbocycles. The molecule has 53 valence electrons. The molecule has 1 saturated heterocycles. The minimum absolute atomic E-state index is 0.608. The Labute approximate surface area is 56.8 Å². The molecule has 0 saturated carbocycles. The zero-order chi connectivity index (χ0) is 6.53. The molecule has 9 heavy (non-hydrogen) atoms. The van der Waals surface area contributed by atoms with Gasteiger partial charge >= 0.3 is 0 Å². The molecule has 1 atom stereocenters. The van der Waals surface area contributed by atoms with E-state index in [4.69, 9.17) is 5.73 Å². The van der Waals surface area contributed by atoms with Crippen LogP contribution in [0.25, 0.3) is 0 Å². The van der Waals surface area contributed by atoms with Crippen LogP contribution in [0.1, 0.15) is 19.3 Å². The average molecular weight is 127 g/mol. The molecular formula is C7H15N2. The standard InChI is InChI=1S/C7H15N2/c8-4-1-2-7-3-5-9-6-7/h7-9H,1-6H2. The molecule has 2 heteroatoms. The molecule has 0 amide bonds. The molecule has 0 aromatic rings. The molecule has 1 heterocycles. The molecular weight excluding hydrogens is 112 g/mol. The highest BCUT2D eigenvalue weighted by atomic mass is 14.9. The van der Waals surface area contributed by atoms with Gasteiger partial charge in [-0.3, -0.25) is 5.73 Å². The largest absolute Gasteiger partial charge is 0.316 e. The summed E-state index contributed by atoms with van der Waals surface area (Å²) >= 11 is 0. The first-order valence-corrected chi connectivity index (χ1v) is 3.79. The van der Waals surface area contributed by atoms with Crippen LogP contribution in [-0.2, 0) is 0 Å². The molecule has 1 rings (SSSR count). The quantitative estimate of drug-likeness (QED) is 0.594. The van der Waals surface area contributed by atoms with E-state index in [0.717, 1.165) is 12.3 Å². The smallest absolute Gasteiger partial charge is 0.00998 e. The fraction of sp³-hybridized carbons (Fsp3) is 1.00. The second-order valence-electron chi connectivity index (χ2n) is 2.75. The van der Waals surface area contributed by atoms with Crippen molar-refractivity contribution in [2.45, 2.75) is 19.3 Å². The lowest BCUT2D eigenvalue weighted by Crippen LogP contribution is -2.09. The minimum atomic E-state index is 0.608. The third-order valence-electron chi connectivity index (χ3n) is 1.95. The molecule has 1 radical (unpaired) electrons. The summed E-state index contributed by atoms with van der Waals surface area (Å²) < 4.78 is 0. The van der Waals surface area contributed by atoms with E-state index in [1.807, 2.05) is 0 Å². The highest BCUT2D eigenvalue weighted by Crippen LogP contribution is 2.13. The van der Waals surface area contributed by atoms with Gasteiger partial charge in [0.25, 0.3) is 0 Å². The maximum absolute atomic E-state index is 6.95. The Balaban J connectivity index is 1.98. The van der Waals surface area contributed by atoms with Gasteiger partial charge in [0, 0.05) is 6.54 Å². The van der Waals surface area contributed by atoms with Gasteiger partial charge in [0.1, 0.15) is 0 Å². The van der Waals surface area contributed by atoms with Crippen molar-refractivity contribution >= 4 is 0 Å². The van der Waals surface area contributed by atoms with Gasteiger partial charge in [-0.15, -0.1) is 0 Å². The predicted octanol–water partition coefficient (Wildman–Crippen LogP) is 0.659. The van der Waals surface area contributed by atoms with E-state index in [9.17, 15) is 0 Å². The van der Waals surface area contributed by atoms with Gasteiger partial charge in [0.15, 0.2) is 0 Å². The Kier molecular flexibility index (Phi) is 3.01. The van der Waals surface area contributed by atoms with Crippen LogP contribution in [0.2, 0.25) is 0 Å². The Morgan fingerprint density at radius 1 is 1.56 bits per heavy atom. The lowest BCUT2D eigenvalue weighted by Gasteiger charge is -2.04. The summed E-state index contributed by atoms with van der Waals surface area (Å²) in [6.07, 6.45) is 3.68. The highest BCUT2D eigenvalue weighted by Gasteiger charge is 2.12. The molecule has 0 aromatic heterocycles. The predicted molar refractivity (Wildman–Crippen MR) is 38.2 cm³/mol. The van der Waals surface area contributed by atoms with Gasteiger partial charge in [-0.25, -0.2) is 0 Å². The molecule has 1 aliphatic heterocycles. The summed E-state index contributed by atoms with van der Waals surface area (Å²) in [7, 11) is 0. The zero-order valence-electron chi connectivity index (χ0n) is 5.82. The molecule has 0 bridgehead atoms. The van der Waals surface area contributed by atoms with E-state index < -0.39 is 0 Å². The molecule has 1 fully saturated rings. The van der Waals surface area contributed by atoms with Crippen molar-refractivity contribution in [1.29, 1.82) is 0 Å². The topological polar surface area (TPSA) is 35.8 Å². The number of rotatable bonds is 3. The molecule has 2 nitrogen and oxygen atoms in total. The van der Waals surface area contributed by atoms with Gasteiger partial charge < -0.3 is 5.32 Å². The van der Waals surface area contributed by atoms with Crippen LogP contribution < -0.4 is 11.1 Å². The van der Waals surface area contributed by atoms with Crippen molar-refractivity contribution in [1.82, 2.24) is 11.1 Å². The second kappa shape index (κ2) is 3.85. The SMILES string of the molecule is [NH]CCCC1CCNC1. The summed E-state index contributed by atoms with van der Waals surface area (Å²) in [6, 6.07) is 0. The maximum Gasteiger partial charge on any atom is 0.00998 e. The minimum Gasteiger partial charge on any atom is -0.316 e. The van der Waals surface area contributed by atoms with Crippen molar-refractivity contribution in [2.75, 3.05) is 19.6 Å². The summed E-state index contributed by atoms with van der Waals surface area (Å²) in [5.74, 6) is 0.885. The number of nitrogens with one attached hydrogen (secondary N) is 2. The first-order chi connectivity index (χ1) is 4.43. The van der Waals surface area contributed by atoms with E-state index in [-0.39, 0.29) is 0 Å². The maximum atomic E-state index is 6.95. The molecule has 1 aliphatic rings. The Bertz CT molecular complexity index is 67.3. The van der Waals surface area contributed by atoms with Crippen LogP contribution in [0.3, 0.4) is 0 Å². The van der Waals surface area contributed by atoms with Gasteiger partial charge in [-0.2, -0.15) is 0 Å².